The van der Waals surface area contributed by atoms with Crippen molar-refractivity contribution in [2.45, 2.75) is 51.2 Å². The topological polar surface area (TPSA) is 60.2 Å². The third kappa shape index (κ3) is 3.54. The minimum atomic E-state index is -3.38. The molecular formula is C8H19NO2S. The average molecular weight is 193 g/mol. The summed E-state index contributed by atoms with van der Waals surface area (Å²) in [5.41, 5.74) is 0. The third-order valence-electron chi connectivity index (χ3n) is 2.15. The first kappa shape index (κ1) is 11.9. The molecule has 0 spiro atoms. The molecule has 0 atom stereocenters. The molecule has 0 saturated heterocycles. The van der Waals surface area contributed by atoms with Crippen molar-refractivity contribution >= 4 is 10.0 Å². The zero-order valence-corrected chi connectivity index (χ0v) is 8.95. The summed E-state index contributed by atoms with van der Waals surface area (Å²) in [5.74, 6) is 0. The van der Waals surface area contributed by atoms with E-state index in [0.717, 1.165) is 19.3 Å². The van der Waals surface area contributed by atoms with E-state index in [1.165, 1.54) is 0 Å². The van der Waals surface area contributed by atoms with Crippen LogP contribution in [-0.4, -0.2) is 13.2 Å². The number of sulfonamides is 1. The first-order valence-electron chi connectivity index (χ1n) is 4.33. The normalized spacial score (nSPS) is 13.3. The van der Waals surface area contributed by atoms with Gasteiger partial charge in [-0.15, -0.1) is 0 Å². The minimum absolute atomic E-state index is 0.652. The van der Waals surface area contributed by atoms with E-state index in [-0.39, 0.29) is 0 Å². The van der Waals surface area contributed by atoms with Crippen molar-refractivity contribution in [2.24, 2.45) is 5.14 Å². The van der Waals surface area contributed by atoms with Gasteiger partial charge in [0.25, 0.3) is 0 Å². The van der Waals surface area contributed by atoms with Crippen LogP contribution in [-0.2, 0) is 10.0 Å². The van der Waals surface area contributed by atoms with Crippen LogP contribution in [0.4, 0.5) is 0 Å². The van der Waals surface area contributed by atoms with Crippen molar-refractivity contribution in [1.82, 2.24) is 0 Å². The quantitative estimate of drug-likeness (QED) is 0.675. The summed E-state index contributed by atoms with van der Waals surface area (Å²) in [6, 6.07) is 0. The van der Waals surface area contributed by atoms with Gasteiger partial charge >= 0.3 is 0 Å². The Morgan fingerprint density at radius 1 is 1.25 bits per heavy atom. The Hall–Kier alpha value is -0.0900. The van der Waals surface area contributed by atoms with Gasteiger partial charge in [0.2, 0.25) is 10.0 Å². The van der Waals surface area contributed by atoms with E-state index in [4.69, 9.17) is 5.14 Å². The van der Waals surface area contributed by atoms with Gasteiger partial charge < -0.3 is 0 Å². The van der Waals surface area contributed by atoms with Gasteiger partial charge in [-0.25, -0.2) is 13.6 Å². The number of hydrogen-bond acceptors (Lipinski definition) is 2. The lowest BCUT2D eigenvalue weighted by Gasteiger charge is -2.21. The van der Waals surface area contributed by atoms with Crippen LogP contribution < -0.4 is 5.14 Å². The number of nitrogens with two attached hydrogens (primary N) is 1. The molecule has 0 aliphatic heterocycles. The first-order chi connectivity index (χ1) is 5.31. The minimum Gasteiger partial charge on any atom is -0.228 e. The van der Waals surface area contributed by atoms with Gasteiger partial charge in [-0.2, -0.15) is 0 Å². The zero-order chi connectivity index (χ0) is 9.83. The second-order valence-corrected chi connectivity index (χ2v) is 5.96. The lowest BCUT2D eigenvalue weighted by atomic mass is 10.0. The fraction of sp³-hybridized carbons (Fsp3) is 1.00. The molecular weight excluding hydrogens is 174 g/mol. The van der Waals surface area contributed by atoms with Crippen molar-refractivity contribution in [3.63, 3.8) is 0 Å². The Morgan fingerprint density at radius 3 is 2.08 bits per heavy atom. The molecule has 74 valence electrons. The van der Waals surface area contributed by atoms with Gasteiger partial charge in [0.15, 0.2) is 0 Å². The smallest absolute Gasteiger partial charge is 0.214 e. The molecule has 2 N–H and O–H groups in total. The molecule has 4 heteroatoms. The Balaban J connectivity index is 4.06. The summed E-state index contributed by atoms with van der Waals surface area (Å²) in [6.07, 6.45) is 3.75. The van der Waals surface area contributed by atoms with Crippen LogP contribution >= 0.6 is 0 Å². The van der Waals surface area contributed by atoms with Crippen LogP contribution in [0.3, 0.4) is 0 Å². The fourth-order valence-electron chi connectivity index (χ4n) is 0.943. The highest BCUT2D eigenvalue weighted by Gasteiger charge is 2.29. The molecule has 0 heterocycles. The molecule has 0 saturated carbocycles. The molecule has 0 aromatic carbocycles. The summed E-state index contributed by atoms with van der Waals surface area (Å²) < 4.78 is 21.3. The maximum Gasteiger partial charge on any atom is 0.214 e. The first-order valence-corrected chi connectivity index (χ1v) is 5.88. The predicted molar refractivity (Wildman–Crippen MR) is 51.3 cm³/mol. The Labute approximate surface area is 75.4 Å². The molecule has 0 amide bonds. The van der Waals surface area contributed by atoms with Gasteiger partial charge in [0.05, 0.1) is 4.75 Å². The average Bonchev–Trinajstić information content (AvgIpc) is 1.85. The highest BCUT2D eigenvalue weighted by molar-refractivity contribution is 7.90. The summed E-state index contributed by atoms with van der Waals surface area (Å²) in [5, 5.41) is 5.07. The van der Waals surface area contributed by atoms with Gasteiger partial charge in [-0.1, -0.05) is 26.2 Å². The van der Waals surface area contributed by atoms with Crippen LogP contribution in [0.15, 0.2) is 0 Å². The highest BCUT2D eigenvalue weighted by atomic mass is 32.2. The molecule has 3 nitrogen and oxygen atoms in total. The van der Waals surface area contributed by atoms with Gasteiger partial charge in [0, 0.05) is 0 Å². The summed E-state index contributed by atoms with van der Waals surface area (Å²) >= 11 is 0. The van der Waals surface area contributed by atoms with E-state index in [9.17, 15) is 8.42 Å². The van der Waals surface area contributed by atoms with Crippen molar-refractivity contribution in [2.75, 3.05) is 0 Å². The SMILES string of the molecule is CCCCCC(C)(C)S(N)(=O)=O. The van der Waals surface area contributed by atoms with E-state index in [1.807, 2.05) is 0 Å². The largest absolute Gasteiger partial charge is 0.228 e. The molecule has 0 rings (SSSR count). The summed E-state index contributed by atoms with van der Waals surface area (Å²) in [6.45, 7) is 5.44. The van der Waals surface area contributed by atoms with Gasteiger partial charge in [0.1, 0.15) is 0 Å². The summed E-state index contributed by atoms with van der Waals surface area (Å²) in [7, 11) is -3.38. The number of rotatable bonds is 5. The second-order valence-electron chi connectivity index (χ2n) is 3.76. The Morgan fingerprint density at radius 2 is 1.75 bits per heavy atom. The molecule has 0 aromatic rings. The zero-order valence-electron chi connectivity index (χ0n) is 8.13. The second kappa shape index (κ2) is 4.23. The number of unbranched alkanes of at least 4 members (excludes halogenated alkanes) is 2. The molecule has 0 radical (unpaired) electrons. The van der Waals surface area contributed by atoms with E-state index in [1.54, 1.807) is 13.8 Å². The van der Waals surface area contributed by atoms with Crippen LogP contribution in [0.2, 0.25) is 0 Å². The number of primary sulfonamides is 1. The van der Waals surface area contributed by atoms with Crippen molar-refractivity contribution < 1.29 is 8.42 Å². The molecule has 0 bridgehead atoms. The van der Waals surface area contributed by atoms with Gasteiger partial charge in [-0.05, 0) is 20.3 Å². The molecule has 0 aromatic heterocycles. The number of hydrogen-bond donors (Lipinski definition) is 1. The summed E-state index contributed by atoms with van der Waals surface area (Å²) in [4.78, 5) is 0. The fourth-order valence-corrected chi connectivity index (χ4v) is 1.37. The lowest BCUT2D eigenvalue weighted by molar-refractivity contribution is 0.507. The highest BCUT2D eigenvalue weighted by Crippen LogP contribution is 2.20. The third-order valence-corrected chi connectivity index (χ3v) is 3.90. The van der Waals surface area contributed by atoms with E-state index >= 15 is 0 Å². The predicted octanol–water partition coefficient (Wildman–Crippen LogP) is 1.63. The maximum absolute atomic E-state index is 11.0. The molecule has 0 unspecified atom stereocenters. The van der Waals surface area contributed by atoms with Crippen molar-refractivity contribution in [3.05, 3.63) is 0 Å². The molecule has 0 aliphatic carbocycles. The molecule has 0 aliphatic rings. The van der Waals surface area contributed by atoms with E-state index in [0.29, 0.717) is 6.42 Å². The Bertz CT molecular complexity index is 219. The molecule has 0 fully saturated rings. The Kier molecular flexibility index (Phi) is 4.20. The van der Waals surface area contributed by atoms with E-state index in [2.05, 4.69) is 6.92 Å². The molecule has 12 heavy (non-hydrogen) atoms. The maximum atomic E-state index is 11.0. The van der Waals surface area contributed by atoms with Crippen LogP contribution in [0.25, 0.3) is 0 Å². The standard InChI is InChI=1S/C8H19NO2S/c1-4-5-6-7-8(2,3)12(9,10)11/h4-7H2,1-3H3,(H2,9,10,11). The van der Waals surface area contributed by atoms with Crippen LogP contribution in [0.5, 0.6) is 0 Å². The monoisotopic (exact) mass is 193 g/mol. The lowest BCUT2D eigenvalue weighted by Crippen LogP contribution is -2.37. The van der Waals surface area contributed by atoms with Crippen molar-refractivity contribution in [1.29, 1.82) is 0 Å². The van der Waals surface area contributed by atoms with Crippen LogP contribution in [0, 0.1) is 0 Å². The van der Waals surface area contributed by atoms with Crippen LogP contribution in [0.1, 0.15) is 46.5 Å². The van der Waals surface area contributed by atoms with Gasteiger partial charge in [-0.3, -0.25) is 0 Å². The van der Waals surface area contributed by atoms with Crippen molar-refractivity contribution in [3.8, 4) is 0 Å². The van der Waals surface area contributed by atoms with E-state index < -0.39 is 14.8 Å².